The lowest BCUT2D eigenvalue weighted by Crippen LogP contribution is -2.31. The maximum Gasteiger partial charge on any atom is 0.200 e. The van der Waals surface area contributed by atoms with Crippen molar-refractivity contribution in [2.75, 3.05) is 25.3 Å². The van der Waals surface area contributed by atoms with Crippen LogP contribution in [0.5, 0.6) is 0 Å². The number of aromatic nitrogens is 1. The van der Waals surface area contributed by atoms with Gasteiger partial charge in [-0.15, -0.1) is 0 Å². The van der Waals surface area contributed by atoms with Crippen molar-refractivity contribution in [2.45, 2.75) is 12.8 Å². The van der Waals surface area contributed by atoms with E-state index in [0.29, 0.717) is 0 Å². The van der Waals surface area contributed by atoms with Crippen LogP contribution >= 0.6 is 11.3 Å². The van der Waals surface area contributed by atoms with Gasteiger partial charge in [0.15, 0.2) is 0 Å². The van der Waals surface area contributed by atoms with Crippen molar-refractivity contribution in [3.05, 3.63) is 24.3 Å². The molecule has 5 heteroatoms. The molecule has 2 rings (SSSR count). The van der Waals surface area contributed by atoms with E-state index in [1.807, 2.05) is 18.2 Å². The first-order valence-electron chi connectivity index (χ1n) is 5.68. The van der Waals surface area contributed by atoms with Gasteiger partial charge in [-0.25, -0.2) is 10.8 Å². The number of nitrogens with zero attached hydrogens (tertiary/aromatic N) is 2. The summed E-state index contributed by atoms with van der Waals surface area (Å²) >= 11 is 1.63. The number of nitrogens with two attached hydrogens (primary N) is 1. The largest absolute Gasteiger partial charge is 0.385 e. The summed E-state index contributed by atoms with van der Waals surface area (Å²) in [7, 11) is 1.72. The average Bonchev–Trinajstić information content (AvgIpc) is 2.78. The lowest BCUT2D eigenvalue weighted by molar-refractivity contribution is 0.193. The minimum atomic E-state index is 0.785. The maximum absolute atomic E-state index is 5.98. The molecule has 0 aliphatic heterocycles. The second-order valence-corrected chi connectivity index (χ2v) is 4.87. The summed E-state index contributed by atoms with van der Waals surface area (Å²) in [5.41, 5.74) is 1.01. The molecule has 2 aromatic rings. The molecule has 92 valence electrons. The fourth-order valence-corrected chi connectivity index (χ4v) is 2.52. The Morgan fingerprint density at radius 2 is 2.18 bits per heavy atom. The van der Waals surface area contributed by atoms with E-state index in [4.69, 9.17) is 10.6 Å². The van der Waals surface area contributed by atoms with Gasteiger partial charge in [0.25, 0.3) is 0 Å². The van der Waals surface area contributed by atoms with E-state index < -0.39 is 0 Å². The first-order chi connectivity index (χ1) is 8.31. The van der Waals surface area contributed by atoms with Gasteiger partial charge in [0.05, 0.1) is 10.2 Å². The SMILES string of the molecule is COCCCCN(N)c1nc2ccccc2s1. The molecule has 1 heterocycles. The minimum Gasteiger partial charge on any atom is -0.385 e. The smallest absolute Gasteiger partial charge is 0.200 e. The zero-order chi connectivity index (χ0) is 12.1. The molecule has 1 aromatic carbocycles. The van der Waals surface area contributed by atoms with Crippen LogP contribution in [0.3, 0.4) is 0 Å². The molecule has 4 nitrogen and oxygen atoms in total. The van der Waals surface area contributed by atoms with Crippen molar-refractivity contribution in [3.63, 3.8) is 0 Å². The Bertz CT molecular complexity index is 438. The van der Waals surface area contributed by atoms with Crippen LogP contribution < -0.4 is 10.9 Å². The molecule has 0 aliphatic carbocycles. The molecular formula is C12H17N3OS. The molecule has 1 aromatic heterocycles. The summed E-state index contributed by atoms with van der Waals surface area (Å²) in [4.78, 5) is 4.50. The van der Waals surface area contributed by atoms with Crippen molar-refractivity contribution in [1.82, 2.24) is 4.98 Å². The van der Waals surface area contributed by atoms with Gasteiger partial charge in [-0.3, -0.25) is 5.01 Å². The molecule has 17 heavy (non-hydrogen) atoms. The third-order valence-corrected chi connectivity index (χ3v) is 3.60. The predicted octanol–water partition coefficient (Wildman–Crippen LogP) is 2.40. The molecule has 2 N–H and O–H groups in total. The number of methoxy groups -OCH3 is 1. The van der Waals surface area contributed by atoms with Crippen molar-refractivity contribution in [1.29, 1.82) is 0 Å². The standard InChI is InChI=1S/C12H17N3OS/c1-16-9-5-4-8-15(13)12-14-10-6-2-3-7-11(10)17-12/h2-3,6-7H,4-5,8-9,13H2,1H3. The van der Waals surface area contributed by atoms with Crippen molar-refractivity contribution in [2.24, 2.45) is 5.84 Å². The van der Waals surface area contributed by atoms with E-state index in [-0.39, 0.29) is 0 Å². The number of ether oxygens (including phenoxy) is 1. The Morgan fingerprint density at radius 1 is 1.35 bits per heavy atom. The highest BCUT2D eigenvalue weighted by atomic mass is 32.1. The number of rotatable bonds is 6. The number of hydrazine groups is 1. The zero-order valence-corrected chi connectivity index (χ0v) is 10.7. The highest BCUT2D eigenvalue weighted by molar-refractivity contribution is 7.22. The normalized spacial score (nSPS) is 10.9. The fraction of sp³-hybridized carbons (Fsp3) is 0.417. The summed E-state index contributed by atoms with van der Waals surface area (Å²) in [5.74, 6) is 5.98. The van der Waals surface area contributed by atoms with Crippen LogP contribution in [-0.2, 0) is 4.74 Å². The van der Waals surface area contributed by atoms with Gasteiger partial charge in [0, 0.05) is 20.3 Å². The Morgan fingerprint density at radius 3 is 2.94 bits per heavy atom. The number of hydrogen-bond acceptors (Lipinski definition) is 5. The maximum atomic E-state index is 5.98. The van der Waals surface area contributed by atoms with Gasteiger partial charge in [0.2, 0.25) is 5.13 Å². The fourth-order valence-electron chi connectivity index (χ4n) is 1.61. The molecule has 0 radical (unpaired) electrons. The van der Waals surface area contributed by atoms with Gasteiger partial charge in [0.1, 0.15) is 0 Å². The van der Waals surface area contributed by atoms with Crippen LogP contribution in [-0.4, -0.2) is 25.2 Å². The Labute approximate surface area is 105 Å². The van der Waals surface area contributed by atoms with Gasteiger partial charge < -0.3 is 4.74 Å². The molecule has 0 saturated carbocycles. The molecule has 0 amide bonds. The van der Waals surface area contributed by atoms with Crippen LogP contribution in [0.15, 0.2) is 24.3 Å². The monoisotopic (exact) mass is 251 g/mol. The summed E-state index contributed by atoms with van der Waals surface area (Å²) in [6, 6.07) is 8.08. The number of anilines is 1. The van der Waals surface area contributed by atoms with Crippen molar-refractivity contribution >= 4 is 26.7 Å². The van der Waals surface area contributed by atoms with Gasteiger partial charge in [-0.1, -0.05) is 23.5 Å². The molecule has 0 saturated heterocycles. The van der Waals surface area contributed by atoms with E-state index in [9.17, 15) is 0 Å². The van der Waals surface area contributed by atoms with Crippen LogP contribution in [0, 0.1) is 0 Å². The number of thiazole rings is 1. The lowest BCUT2D eigenvalue weighted by Gasteiger charge is -2.14. The molecular weight excluding hydrogens is 234 g/mol. The van der Waals surface area contributed by atoms with Crippen molar-refractivity contribution < 1.29 is 4.74 Å². The molecule has 0 aliphatic rings. The Hall–Kier alpha value is -1.17. The topological polar surface area (TPSA) is 51.4 Å². The second kappa shape index (κ2) is 5.95. The lowest BCUT2D eigenvalue weighted by atomic mass is 10.3. The molecule has 0 fully saturated rings. The molecule has 0 spiro atoms. The Kier molecular flexibility index (Phi) is 4.30. The summed E-state index contributed by atoms with van der Waals surface area (Å²) in [5, 5.41) is 2.60. The number of fused-ring (bicyclic) bond motifs is 1. The van der Waals surface area contributed by atoms with Crippen LogP contribution in [0.2, 0.25) is 0 Å². The van der Waals surface area contributed by atoms with E-state index in [2.05, 4.69) is 11.1 Å². The number of unbranched alkanes of at least 4 members (excludes halogenated alkanes) is 1. The average molecular weight is 251 g/mol. The van der Waals surface area contributed by atoms with Crippen LogP contribution in [0.1, 0.15) is 12.8 Å². The summed E-state index contributed by atoms with van der Waals surface area (Å²) in [6.07, 6.45) is 2.04. The van der Waals surface area contributed by atoms with E-state index in [1.165, 1.54) is 4.70 Å². The number of benzene rings is 1. The summed E-state index contributed by atoms with van der Waals surface area (Å²) in [6.45, 7) is 1.59. The highest BCUT2D eigenvalue weighted by Crippen LogP contribution is 2.27. The minimum absolute atomic E-state index is 0.785. The first kappa shape index (κ1) is 12.3. The predicted molar refractivity (Wildman–Crippen MR) is 72.3 cm³/mol. The number of para-hydroxylation sites is 1. The quantitative estimate of drug-likeness (QED) is 0.486. The first-order valence-corrected chi connectivity index (χ1v) is 6.49. The third-order valence-electron chi connectivity index (χ3n) is 2.53. The van der Waals surface area contributed by atoms with Crippen molar-refractivity contribution in [3.8, 4) is 0 Å². The second-order valence-electron chi connectivity index (χ2n) is 3.86. The molecule has 0 atom stereocenters. The Balaban J connectivity index is 1.96. The van der Waals surface area contributed by atoms with Gasteiger partial charge >= 0.3 is 0 Å². The van der Waals surface area contributed by atoms with E-state index in [1.54, 1.807) is 23.5 Å². The number of hydrogen-bond donors (Lipinski definition) is 1. The highest BCUT2D eigenvalue weighted by Gasteiger charge is 2.07. The van der Waals surface area contributed by atoms with Crippen LogP contribution in [0.4, 0.5) is 5.13 Å². The third kappa shape index (κ3) is 3.15. The van der Waals surface area contributed by atoms with Gasteiger partial charge in [-0.05, 0) is 25.0 Å². The van der Waals surface area contributed by atoms with E-state index >= 15 is 0 Å². The molecule has 0 unspecified atom stereocenters. The molecule has 0 bridgehead atoms. The van der Waals surface area contributed by atoms with Crippen LogP contribution in [0.25, 0.3) is 10.2 Å². The van der Waals surface area contributed by atoms with E-state index in [0.717, 1.165) is 36.6 Å². The van der Waals surface area contributed by atoms with Gasteiger partial charge in [-0.2, -0.15) is 0 Å². The zero-order valence-electron chi connectivity index (χ0n) is 9.93. The summed E-state index contributed by atoms with van der Waals surface area (Å²) < 4.78 is 6.18.